The average Bonchev–Trinajstić information content (AvgIpc) is 2.41. The lowest BCUT2D eigenvalue weighted by Crippen LogP contribution is -2.40. The van der Waals surface area contributed by atoms with Gasteiger partial charge in [0.15, 0.2) is 11.6 Å². The Balaban J connectivity index is 2.17. The summed E-state index contributed by atoms with van der Waals surface area (Å²) in [5, 5.41) is 3.03. The molecular weight excluding hydrogens is 247 g/mol. The zero-order valence-electron chi connectivity index (χ0n) is 11.0. The van der Waals surface area contributed by atoms with Crippen LogP contribution in [0.5, 0.6) is 0 Å². The van der Waals surface area contributed by atoms with Gasteiger partial charge in [-0.1, -0.05) is 19.8 Å². The molecule has 1 aliphatic rings. The molecule has 0 saturated heterocycles. The van der Waals surface area contributed by atoms with Crippen molar-refractivity contribution >= 4 is 11.7 Å². The molecule has 2 rings (SSSR count). The Kier molecular flexibility index (Phi) is 4.29. The van der Waals surface area contributed by atoms with E-state index >= 15 is 0 Å². The Labute approximate surface area is 111 Å². The summed E-state index contributed by atoms with van der Waals surface area (Å²) in [5.74, 6) is -0.848. The topological polar surface area (TPSA) is 80.9 Å². The SMILES string of the molecule is CCc1ncnc(N[C@H]2CCCC[C@H]2C(N)=O)c1F. The highest BCUT2D eigenvalue weighted by atomic mass is 19.1. The highest BCUT2D eigenvalue weighted by Gasteiger charge is 2.30. The van der Waals surface area contributed by atoms with Crippen molar-refractivity contribution in [2.24, 2.45) is 11.7 Å². The number of nitrogens with one attached hydrogen (secondary N) is 1. The number of hydrogen-bond acceptors (Lipinski definition) is 4. The third-order valence-electron chi connectivity index (χ3n) is 3.65. The van der Waals surface area contributed by atoms with Crippen LogP contribution in [0.2, 0.25) is 0 Å². The number of aryl methyl sites for hydroxylation is 1. The summed E-state index contributed by atoms with van der Waals surface area (Å²) < 4.78 is 14.1. The summed E-state index contributed by atoms with van der Waals surface area (Å²) in [4.78, 5) is 19.2. The van der Waals surface area contributed by atoms with E-state index in [2.05, 4.69) is 15.3 Å². The number of anilines is 1. The van der Waals surface area contributed by atoms with Crippen LogP contribution in [0.3, 0.4) is 0 Å². The maximum atomic E-state index is 14.1. The van der Waals surface area contributed by atoms with E-state index in [-0.39, 0.29) is 23.7 Å². The number of aromatic nitrogens is 2. The highest BCUT2D eigenvalue weighted by molar-refractivity contribution is 5.78. The van der Waals surface area contributed by atoms with Crippen molar-refractivity contribution < 1.29 is 9.18 Å². The van der Waals surface area contributed by atoms with Gasteiger partial charge in [0.25, 0.3) is 0 Å². The van der Waals surface area contributed by atoms with Gasteiger partial charge in [0, 0.05) is 6.04 Å². The second kappa shape index (κ2) is 5.95. The Bertz CT molecular complexity index is 466. The van der Waals surface area contributed by atoms with Crippen LogP contribution in [0, 0.1) is 11.7 Å². The third kappa shape index (κ3) is 3.00. The molecule has 1 aliphatic carbocycles. The summed E-state index contributed by atoms with van der Waals surface area (Å²) in [6.45, 7) is 1.84. The smallest absolute Gasteiger partial charge is 0.222 e. The molecule has 0 bridgehead atoms. The molecule has 5 nitrogen and oxygen atoms in total. The minimum absolute atomic E-state index is 0.139. The first-order valence-electron chi connectivity index (χ1n) is 6.68. The number of nitrogens with zero attached hydrogens (tertiary/aromatic N) is 2. The molecule has 0 aromatic carbocycles. The van der Waals surface area contributed by atoms with Crippen molar-refractivity contribution in [2.45, 2.75) is 45.1 Å². The maximum absolute atomic E-state index is 14.1. The molecule has 1 saturated carbocycles. The molecule has 6 heteroatoms. The lowest BCUT2D eigenvalue weighted by Gasteiger charge is -2.30. The number of carbonyl (C=O) groups is 1. The zero-order valence-corrected chi connectivity index (χ0v) is 11.0. The normalized spacial score (nSPS) is 23.1. The van der Waals surface area contributed by atoms with Gasteiger partial charge in [-0.05, 0) is 19.3 Å². The van der Waals surface area contributed by atoms with Gasteiger partial charge in [-0.2, -0.15) is 0 Å². The van der Waals surface area contributed by atoms with Gasteiger partial charge < -0.3 is 11.1 Å². The first-order valence-corrected chi connectivity index (χ1v) is 6.68. The van der Waals surface area contributed by atoms with Gasteiger partial charge in [0.1, 0.15) is 6.33 Å². The minimum atomic E-state index is -0.432. The predicted molar refractivity (Wildman–Crippen MR) is 69.9 cm³/mol. The number of primary amides is 1. The van der Waals surface area contributed by atoms with Gasteiger partial charge in [-0.15, -0.1) is 0 Å². The molecule has 19 heavy (non-hydrogen) atoms. The summed E-state index contributed by atoms with van der Waals surface area (Å²) >= 11 is 0. The second-order valence-corrected chi connectivity index (χ2v) is 4.88. The van der Waals surface area contributed by atoms with E-state index in [1.807, 2.05) is 6.92 Å². The third-order valence-corrected chi connectivity index (χ3v) is 3.65. The van der Waals surface area contributed by atoms with E-state index in [1.54, 1.807) is 0 Å². The lowest BCUT2D eigenvalue weighted by atomic mass is 9.84. The molecule has 3 N–H and O–H groups in total. The van der Waals surface area contributed by atoms with Crippen LogP contribution in [0.25, 0.3) is 0 Å². The van der Waals surface area contributed by atoms with Gasteiger partial charge in [-0.3, -0.25) is 4.79 Å². The molecule has 1 amide bonds. The van der Waals surface area contributed by atoms with Crippen molar-refractivity contribution in [3.63, 3.8) is 0 Å². The molecule has 1 fully saturated rings. The first-order chi connectivity index (χ1) is 9.13. The van der Waals surface area contributed by atoms with Crippen LogP contribution >= 0.6 is 0 Å². The number of rotatable bonds is 4. The van der Waals surface area contributed by atoms with Crippen LogP contribution in [-0.2, 0) is 11.2 Å². The van der Waals surface area contributed by atoms with Crippen molar-refractivity contribution in [1.82, 2.24) is 9.97 Å². The molecule has 2 atom stereocenters. The Morgan fingerprint density at radius 3 is 2.89 bits per heavy atom. The molecule has 104 valence electrons. The second-order valence-electron chi connectivity index (χ2n) is 4.88. The van der Waals surface area contributed by atoms with E-state index in [0.717, 1.165) is 25.7 Å². The molecule has 1 aromatic heterocycles. The van der Waals surface area contributed by atoms with Crippen LogP contribution in [0.15, 0.2) is 6.33 Å². The standard InChI is InChI=1S/C13H19FN4O/c1-2-9-11(14)13(17-7-16-9)18-10-6-4-3-5-8(10)12(15)19/h7-8,10H,2-6H2,1H3,(H2,15,19)(H,16,17,18)/t8-,10+/m1/s1. The number of nitrogens with two attached hydrogens (primary N) is 1. The quantitative estimate of drug-likeness (QED) is 0.868. The molecule has 1 heterocycles. The Morgan fingerprint density at radius 1 is 1.47 bits per heavy atom. The van der Waals surface area contributed by atoms with Crippen molar-refractivity contribution in [3.05, 3.63) is 17.8 Å². The summed E-state index contributed by atoms with van der Waals surface area (Å²) in [5.41, 5.74) is 5.78. The fourth-order valence-corrected chi connectivity index (χ4v) is 2.57. The molecular formula is C13H19FN4O. The fourth-order valence-electron chi connectivity index (χ4n) is 2.57. The van der Waals surface area contributed by atoms with E-state index in [0.29, 0.717) is 12.1 Å². The van der Waals surface area contributed by atoms with Crippen LogP contribution < -0.4 is 11.1 Å². The highest BCUT2D eigenvalue weighted by Crippen LogP contribution is 2.27. The predicted octanol–water partition coefficient (Wildman–Crippen LogP) is 1.63. The fraction of sp³-hybridized carbons (Fsp3) is 0.615. The van der Waals surface area contributed by atoms with Gasteiger partial charge in [0.05, 0.1) is 11.6 Å². The zero-order chi connectivity index (χ0) is 13.8. The van der Waals surface area contributed by atoms with Crippen LogP contribution in [0.4, 0.5) is 10.2 Å². The molecule has 0 radical (unpaired) electrons. The Hall–Kier alpha value is -1.72. The number of carbonyl (C=O) groups excluding carboxylic acids is 1. The van der Waals surface area contributed by atoms with Crippen molar-refractivity contribution in [1.29, 1.82) is 0 Å². The van der Waals surface area contributed by atoms with E-state index in [1.165, 1.54) is 6.33 Å². The number of amides is 1. The summed E-state index contributed by atoms with van der Waals surface area (Å²) in [6.07, 6.45) is 5.39. The van der Waals surface area contributed by atoms with E-state index < -0.39 is 5.82 Å². The summed E-state index contributed by atoms with van der Waals surface area (Å²) in [6, 6.07) is -0.139. The average molecular weight is 266 g/mol. The number of hydrogen-bond donors (Lipinski definition) is 2. The summed E-state index contributed by atoms with van der Waals surface area (Å²) in [7, 11) is 0. The molecule has 1 aromatic rings. The van der Waals surface area contributed by atoms with Crippen LogP contribution in [0.1, 0.15) is 38.3 Å². The minimum Gasteiger partial charge on any atom is -0.369 e. The molecule has 0 unspecified atom stereocenters. The molecule has 0 spiro atoms. The Morgan fingerprint density at radius 2 is 2.21 bits per heavy atom. The maximum Gasteiger partial charge on any atom is 0.222 e. The molecule has 0 aliphatic heterocycles. The van der Waals surface area contributed by atoms with Gasteiger partial charge >= 0.3 is 0 Å². The number of halogens is 1. The van der Waals surface area contributed by atoms with Gasteiger partial charge in [-0.25, -0.2) is 14.4 Å². The van der Waals surface area contributed by atoms with Crippen molar-refractivity contribution in [2.75, 3.05) is 5.32 Å². The first kappa shape index (κ1) is 13.7. The van der Waals surface area contributed by atoms with E-state index in [4.69, 9.17) is 5.73 Å². The monoisotopic (exact) mass is 266 g/mol. The van der Waals surface area contributed by atoms with Crippen LogP contribution in [-0.4, -0.2) is 21.9 Å². The van der Waals surface area contributed by atoms with Gasteiger partial charge in [0.2, 0.25) is 5.91 Å². The van der Waals surface area contributed by atoms with E-state index in [9.17, 15) is 9.18 Å². The largest absolute Gasteiger partial charge is 0.369 e. The lowest BCUT2D eigenvalue weighted by molar-refractivity contribution is -0.122. The van der Waals surface area contributed by atoms with Crippen molar-refractivity contribution in [3.8, 4) is 0 Å².